The van der Waals surface area contributed by atoms with Crippen molar-refractivity contribution in [3.05, 3.63) is 58.0 Å². The van der Waals surface area contributed by atoms with E-state index in [9.17, 15) is 4.79 Å². The Bertz CT molecular complexity index is 899. The number of rotatable bonds is 0. The summed E-state index contributed by atoms with van der Waals surface area (Å²) in [6.45, 7) is 6.41. The van der Waals surface area contributed by atoms with Crippen LogP contribution in [0.2, 0.25) is 0 Å². The molecule has 1 aliphatic carbocycles. The summed E-state index contributed by atoms with van der Waals surface area (Å²) in [5.74, 6) is 0.625. The molecule has 1 aromatic carbocycles. The largest absolute Gasteiger partial charge is 0.477 e. The Morgan fingerprint density at radius 2 is 1.91 bits per heavy atom. The highest BCUT2D eigenvalue weighted by Crippen LogP contribution is 2.49. The van der Waals surface area contributed by atoms with Gasteiger partial charge in [-0.05, 0) is 48.6 Å². The predicted octanol–water partition coefficient (Wildman–Crippen LogP) is 4.31. The van der Waals surface area contributed by atoms with Crippen LogP contribution >= 0.6 is 0 Å². The lowest BCUT2D eigenvalue weighted by molar-refractivity contribution is 0.140. The Labute approximate surface area is 128 Å². The third-order valence-electron chi connectivity index (χ3n) is 4.73. The Balaban J connectivity index is 2.08. The Kier molecular flexibility index (Phi) is 2.51. The lowest BCUT2D eigenvalue weighted by Crippen LogP contribution is -2.43. The molecular weight excluding hydrogens is 276 g/mol. The van der Waals surface area contributed by atoms with E-state index in [-0.39, 0.29) is 11.0 Å². The summed E-state index contributed by atoms with van der Waals surface area (Å²) in [6, 6.07) is 7.50. The molecule has 0 radical (unpaired) electrons. The van der Waals surface area contributed by atoms with Crippen molar-refractivity contribution in [3.8, 4) is 5.75 Å². The van der Waals surface area contributed by atoms with Crippen molar-refractivity contribution in [2.75, 3.05) is 0 Å². The number of hydrogen-bond acceptors (Lipinski definition) is 3. The van der Waals surface area contributed by atoms with Gasteiger partial charge in [-0.1, -0.05) is 32.1 Å². The van der Waals surface area contributed by atoms with Gasteiger partial charge >= 0.3 is 5.63 Å². The van der Waals surface area contributed by atoms with E-state index in [0.29, 0.717) is 16.9 Å². The van der Waals surface area contributed by atoms with Gasteiger partial charge < -0.3 is 9.15 Å². The Hall–Kier alpha value is -2.29. The topological polar surface area (TPSA) is 39.4 Å². The number of ether oxygens (including phenoxy) is 1. The van der Waals surface area contributed by atoms with E-state index in [4.69, 9.17) is 9.15 Å². The maximum absolute atomic E-state index is 12.4. The standard InChI is InChI=1S/C19H18O3/c1-18(2)9-6-10-19(3)15(18)11-13-16(22-19)12-7-4-5-8-14(12)21-17(13)20/h4-8,10-11H,9H2,1-3H3. The fraction of sp³-hybridized carbons (Fsp3) is 0.316. The molecule has 0 saturated heterocycles. The van der Waals surface area contributed by atoms with E-state index >= 15 is 0 Å². The van der Waals surface area contributed by atoms with Crippen LogP contribution in [0.15, 0.2) is 51.2 Å². The van der Waals surface area contributed by atoms with Crippen molar-refractivity contribution < 1.29 is 9.15 Å². The van der Waals surface area contributed by atoms with E-state index in [2.05, 4.69) is 32.9 Å². The molecule has 0 amide bonds. The molecule has 4 rings (SSSR count). The van der Waals surface area contributed by atoms with E-state index in [1.54, 1.807) is 6.07 Å². The average molecular weight is 294 g/mol. The van der Waals surface area contributed by atoms with E-state index in [0.717, 1.165) is 17.4 Å². The first-order valence-corrected chi connectivity index (χ1v) is 7.56. The van der Waals surface area contributed by atoms with Crippen LogP contribution < -0.4 is 10.4 Å². The molecule has 3 nitrogen and oxygen atoms in total. The van der Waals surface area contributed by atoms with E-state index in [1.807, 2.05) is 24.3 Å². The second-order valence-corrected chi connectivity index (χ2v) is 6.89. The smallest absolute Gasteiger partial charge is 0.347 e. The third kappa shape index (κ3) is 1.71. The summed E-state index contributed by atoms with van der Waals surface area (Å²) in [5, 5.41) is 0.838. The van der Waals surface area contributed by atoms with Crippen molar-refractivity contribution in [1.29, 1.82) is 0 Å². The molecule has 1 aromatic heterocycles. The van der Waals surface area contributed by atoms with Gasteiger partial charge in [-0.3, -0.25) is 0 Å². The zero-order valence-electron chi connectivity index (χ0n) is 13.0. The van der Waals surface area contributed by atoms with Crippen LogP contribution in [-0.2, 0) is 0 Å². The van der Waals surface area contributed by atoms with Crippen LogP contribution in [0.1, 0.15) is 32.8 Å². The number of benzene rings is 1. The summed E-state index contributed by atoms with van der Waals surface area (Å²) in [7, 11) is 0. The molecule has 1 aliphatic heterocycles. The van der Waals surface area contributed by atoms with Gasteiger partial charge in [0.1, 0.15) is 22.5 Å². The minimum Gasteiger partial charge on any atom is -0.477 e. The Morgan fingerprint density at radius 3 is 2.73 bits per heavy atom. The van der Waals surface area contributed by atoms with E-state index in [1.165, 1.54) is 0 Å². The third-order valence-corrected chi connectivity index (χ3v) is 4.73. The van der Waals surface area contributed by atoms with Gasteiger partial charge in [-0.15, -0.1) is 0 Å². The number of para-hydroxylation sites is 1. The van der Waals surface area contributed by atoms with Crippen LogP contribution in [0.25, 0.3) is 17.0 Å². The molecule has 0 bridgehead atoms. The summed E-state index contributed by atoms with van der Waals surface area (Å²) in [6.07, 6.45) is 7.17. The lowest BCUT2D eigenvalue weighted by Gasteiger charge is -2.44. The molecule has 0 fully saturated rings. The zero-order valence-corrected chi connectivity index (χ0v) is 13.0. The molecule has 1 atom stereocenters. The summed E-state index contributed by atoms with van der Waals surface area (Å²) in [4.78, 5) is 12.4. The molecule has 2 heterocycles. The fourth-order valence-electron chi connectivity index (χ4n) is 3.60. The molecule has 0 spiro atoms. The van der Waals surface area contributed by atoms with Gasteiger partial charge in [0.15, 0.2) is 0 Å². The van der Waals surface area contributed by atoms with Gasteiger partial charge in [0.25, 0.3) is 0 Å². The quantitative estimate of drug-likeness (QED) is 0.537. The molecular formula is C19H18O3. The maximum atomic E-state index is 12.4. The van der Waals surface area contributed by atoms with Crippen molar-refractivity contribution in [1.82, 2.24) is 0 Å². The molecule has 2 aromatic rings. The first-order valence-electron chi connectivity index (χ1n) is 7.56. The highest BCUT2D eigenvalue weighted by Gasteiger charge is 2.44. The maximum Gasteiger partial charge on any atom is 0.347 e. The molecule has 2 aliphatic rings. The fourth-order valence-corrected chi connectivity index (χ4v) is 3.60. The van der Waals surface area contributed by atoms with Gasteiger partial charge in [-0.2, -0.15) is 0 Å². The molecule has 0 N–H and O–H groups in total. The minimum absolute atomic E-state index is 0.0424. The van der Waals surface area contributed by atoms with Gasteiger partial charge in [0.05, 0.1) is 5.39 Å². The van der Waals surface area contributed by atoms with Crippen LogP contribution in [0, 0.1) is 5.41 Å². The highest BCUT2D eigenvalue weighted by molar-refractivity contribution is 5.88. The number of hydrogen-bond donors (Lipinski definition) is 0. The van der Waals surface area contributed by atoms with Crippen molar-refractivity contribution in [2.45, 2.75) is 32.8 Å². The lowest BCUT2D eigenvalue weighted by atomic mass is 9.68. The first-order chi connectivity index (χ1) is 10.4. The summed E-state index contributed by atoms with van der Waals surface area (Å²) >= 11 is 0. The van der Waals surface area contributed by atoms with Crippen molar-refractivity contribution in [2.24, 2.45) is 5.41 Å². The molecule has 1 unspecified atom stereocenters. The van der Waals surface area contributed by atoms with Crippen LogP contribution in [0.3, 0.4) is 0 Å². The molecule has 0 saturated carbocycles. The second kappa shape index (κ2) is 4.13. The molecule has 112 valence electrons. The number of fused-ring (bicyclic) bond motifs is 4. The predicted molar refractivity (Wildman–Crippen MR) is 87.0 cm³/mol. The van der Waals surface area contributed by atoms with Gasteiger partial charge in [-0.25, -0.2) is 4.79 Å². The van der Waals surface area contributed by atoms with Gasteiger partial charge in [0.2, 0.25) is 0 Å². The van der Waals surface area contributed by atoms with Crippen LogP contribution in [0.5, 0.6) is 5.75 Å². The van der Waals surface area contributed by atoms with Crippen molar-refractivity contribution >= 4 is 17.0 Å². The van der Waals surface area contributed by atoms with Crippen molar-refractivity contribution in [3.63, 3.8) is 0 Å². The summed E-state index contributed by atoms with van der Waals surface area (Å²) < 4.78 is 11.8. The second-order valence-electron chi connectivity index (χ2n) is 6.89. The zero-order chi connectivity index (χ0) is 15.5. The molecule has 3 heteroatoms. The van der Waals surface area contributed by atoms with Crippen LogP contribution in [-0.4, -0.2) is 5.60 Å². The monoisotopic (exact) mass is 294 g/mol. The van der Waals surface area contributed by atoms with Gasteiger partial charge in [0, 0.05) is 0 Å². The number of allylic oxidation sites excluding steroid dienone is 1. The molecule has 22 heavy (non-hydrogen) atoms. The highest BCUT2D eigenvalue weighted by atomic mass is 16.5. The minimum atomic E-state index is -0.509. The normalized spacial score (nSPS) is 25.1. The van der Waals surface area contributed by atoms with E-state index < -0.39 is 5.60 Å². The summed E-state index contributed by atoms with van der Waals surface area (Å²) in [5.41, 5.74) is 1.32. The Morgan fingerprint density at radius 1 is 1.14 bits per heavy atom. The average Bonchev–Trinajstić information content (AvgIpc) is 2.45. The SMILES string of the molecule is CC1(C)CC=CC2(C)Oc3c(c(=O)oc4ccccc34)C=C12. The van der Waals surface area contributed by atoms with Crippen LogP contribution in [0.4, 0.5) is 0 Å². The first kappa shape index (κ1) is 13.4.